The van der Waals surface area contributed by atoms with E-state index in [-0.39, 0.29) is 5.91 Å². The summed E-state index contributed by atoms with van der Waals surface area (Å²) in [6, 6.07) is 9.04. The molecule has 0 aliphatic carbocycles. The molecule has 0 spiro atoms. The zero-order valence-electron chi connectivity index (χ0n) is 13.8. The van der Waals surface area contributed by atoms with Crippen LogP contribution in [0.3, 0.4) is 0 Å². The van der Waals surface area contributed by atoms with Crippen LogP contribution >= 0.6 is 11.3 Å². The molecule has 0 aliphatic heterocycles. The number of aromatic nitrogens is 2. The van der Waals surface area contributed by atoms with Crippen molar-refractivity contribution >= 4 is 17.2 Å². The van der Waals surface area contributed by atoms with Crippen molar-refractivity contribution in [2.45, 2.75) is 6.42 Å². The number of rotatable bonds is 7. The number of carbonyl (C=O) groups is 1. The van der Waals surface area contributed by atoms with Crippen molar-refractivity contribution in [1.82, 2.24) is 15.5 Å². The largest absolute Gasteiger partial charge is 0.496 e. The van der Waals surface area contributed by atoms with E-state index in [1.54, 1.807) is 29.5 Å². The number of methoxy groups -OCH3 is 2. The van der Waals surface area contributed by atoms with E-state index in [0.29, 0.717) is 41.7 Å². The molecule has 1 N–H and O–H groups in total. The number of ether oxygens (including phenoxy) is 2. The molecule has 25 heavy (non-hydrogen) atoms. The van der Waals surface area contributed by atoms with Crippen LogP contribution in [0.25, 0.3) is 10.7 Å². The van der Waals surface area contributed by atoms with Crippen LogP contribution in [0.1, 0.15) is 16.2 Å². The fraction of sp³-hybridized carbons (Fsp3) is 0.235. The maximum atomic E-state index is 12.5. The van der Waals surface area contributed by atoms with Gasteiger partial charge in [0.15, 0.2) is 0 Å². The zero-order valence-corrected chi connectivity index (χ0v) is 14.6. The molecule has 0 aliphatic rings. The fourth-order valence-electron chi connectivity index (χ4n) is 2.31. The molecular formula is C17H17N3O4S. The molecule has 0 fully saturated rings. The lowest BCUT2D eigenvalue weighted by molar-refractivity contribution is 0.0947. The molecule has 8 heteroatoms. The molecule has 0 radical (unpaired) electrons. The lowest BCUT2D eigenvalue weighted by Gasteiger charge is -2.12. The Bertz CT molecular complexity index is 823. The summed E-state index contributed by atoms with van der Waals surface area (Å²) < 4.78 is 15.7. The first-order chi connectivity index (χ1) is 12.2. The van der Waals surface area contributed by atoms with Gasteiger partial charge in [0.25, 0.3) is 5.91 Å². The molecular weight excluding hydrogens is 342 g/mol. The average molecular weight is 359 g/mol. The first kappa shape index (κ1) is 17.0. The number of benzene rings is 1. The van der Waals surface area contributed by atoms with Gasteiger partial charge in [-0.3, -0.25) is 4.79 Å². The van der Waals surface area contributed by atoms with Crippen molar-refractivity contribution in [2.75, 3.05) is 20.8 Å². The van der Waals surface area contributed by atoms with Crippen LogP contribution in [0.4, 0.5) is 0 Å². The van der Waals surface area contributed by atoms with Crippen LogP contribution in [-0.2, 0) is 6.42 Å². The summed E-state index contributed by atoms with van der Waals surface area (Å²) in [4.78, 5) is 17.7. The van der Waals surface area contributed by atoms with E-state index in [2.05, 4.69) is 15.5 Å². The Kier molecular flexibility index (Phi) is 5.30. The molecule has 3 aromatic rings. The summed E-state index contributed by atoms with van der Waals surface area (Å²) in [5.74, 6) is 1.65. The molecule has 0 bridgehead atoms. The number of hydrogen-bond donors (Lipinski definition) is 1. The molecule has 0 atom stereocenters. The second-order valence-corrected chi connectivity index (χ2v) is 5.98. The van der Waals surface area contributed by atoms with Crippen molar-refractivity contribution in [2.24, 2.45) is 0 Å². The molecule has 0 saturated heterocycles. The highest BCUT2D eigenvalue weighted by Crippen LogP contribution is 2.28. The molecule has 0 saturated carbocycles. The van der Waals surface area contributed by atoms with E-state index in [1.807, 2.05) is 17.5 Å². The third kappa shape index (κ3) is 3.80. The van der Waals surface area contributed by atoms with Crippen LogP contribution < -0.4 is 14.8 Å². The minimum Gasteiger partial charge on any atom is -0.496 e. The van der Waals surface area contributed by atoms with E-state index in [0.717, 1.165) is 4.88 Å². The molecule has 0 unspecified atom stereocenters. The van der Waals surface area contributed by atoms with Gasteiger partial charge in [-0.2, -0.15) is 4.98 Å². The maximum Gasteiger partial charge on any atom is 0.258 e. The Morgan fingerprint density at radius 2 is 1.96 bits per heavy atom. The Morgan fingerprint density at radius 1 is 1.20 bits per heavy atom. The van der Waals surface area contributed by atoms with E-state index >= 15 is 0 Å². The normalized spacial score (nSPS) is 10.5. The molecule has 2 aromatic heterocycles. The monoisotopic (exact) mass is 359 g/mol. The lowest BCUT2D eigenvalue weighted by Crippen LogP contribution is -2.26. The highest BCUT2D eigenvalue weighted by Gasteiger charge is 2.18. The number of hydrogen-bond acceptors (Lipinski definition) is 7. The molecule has 130 valence electrons. The zero-order chi connectivity index (χ0) is 17.6. The summed E-state index contributed by atoms with van der Waals surface area (Å²) >= 11 is 1.54. The molecule has 1 amide bonds. The second kappa shape index (κ2) is 7.80. The minimum absolute atomic E-state index is 0.285. The Morgan fingerprint density at radius 3 is 2.60 bits per heavy atom. The van der Waals surface area contributed by atoms with Gasteiger partial charge in [0.2, 0.25) is 11.7 Å². The third-order valence-corrected chi connectivity index (χ3v) is 4.35. The van der Waals surface area contributed by atoms with Crippen molar-refractivity contribution in [3.05, 3.63) is 47.2 Å². The first-order valence-corrected chi connectivity index (χ1v) is 8.46. The van der Waals surface area contributed by atoms with Crippen LogP contribution in [-0.4, -0.2) is 36.8 Å². The van der Waals surface area contributed by atoms with Gasteiger partial charge in [0.05, 0.1) is 19.1 Å². The smallest absolute Gasteiger partial charge is 0.258 e. The third-order valence-electron chi connectivity index (χ3n) is 3.49. The molecule has 7 nitrogen and oxygen atoms in total. The van der Waals surface area contributed by atoms with Crippen molar-refractivity contribution < 1.29 is 18.8 Å². The van der Waals surface area contributed by atoms with Gasteiger partial charge >= 0.3 is 0 Å². The number of thiophene rings is 1. The Hall–Kier alpha value is -2.87. The van der Waals surface area contributed by atoms with Gasteiger partial charge in [-0.15, -0.1) is 11.3 Å². The summed E-state index contributed by atoms with van der Waals surface area (Å²) in [6.45, 7) is 0.353. The van der Waals surface area contributed by atoms with E-state index in [9.17, 15) is 4.79 Å². The highest BCUT2D eigenvalue weighted by atomic mass is 32.1. The quantitative estimate of drug-likeness (QED) is 0.698. The predicted octanol–water partition coefficient (Wildman–Crippen LogP) is 2.79. The number of carbonyl (C=O) groups excluding carboxylic acids is 1. The Balaban J connectivity index is 1.62. The van der Waals surface area contributed by atoms with Crippen molar-refractivity contribution in [1.29, 1.82) is 0 Å². The van der Waals surface area contributed by atoms with Gasteiger partial charge < -0.3 is 19.3 Å². The predicted molar refractivity (Wildman–Crippen MR) is 93.2 cm³/mol. The standard InChI is InChI=1S/C17H17N3O4S/c1-22-11-5-3-6-12(23-2)15(11)17(21)18-9-8-14-19-16(20-24-14)13-7-4-10-25-13/h3-7,10H,8-9H2,1-2H3,(H,18,21). The minimum atomic E-state index is -0.285. The summed E-state index contributed by atoms with van der Waals surface area (Å²) in [5, 5.41) is 8.71. The van der Waals surface area contributed by atoms with Gasteiger partial charge in [-0.05, 0) is 23.6 Å². The van der Waals surface area contributed by atoms with Crippen molar-refractivity contribution in [3.8, 4) is 22.2 Å². The van der Waals surface area contributed by atoms with Gasteiger partial charge in [0.1, 0.15) is 17.1 Å². The van der Waals surface area contributed by atoms with Crippen molar-refractivity contribution in [3.63, 3.8) is 0 Å². The number of amides is 1. The SMILES string of the molecule is COc1cccc(OC)c1C(=O)NCCc1nc(-c2cccs2)no1. The van der Waals surface area contributed by atoms with E-state index in [1.165, 1.54) is 14.2 Å². The van der Waals surface area contributed by atoms with Crippen LogP contribution in [0, 0.1) is 0 Å². The van der Waals surface area contributed by atoms with Gasteiger partial charge in [0, 0.05) is 13.0 Å². The summed E-state index contributed by atoms with van der Waals surface area (Å²) in [7, 11) is 3.02. The van der Waals surface area contributed by atoms with Crippen LogP contribution in [0.15, 0.2) is 40.2 Å². The maximum absolute atomic E-state index is 12.5. The highest BCUT2D eigenvalue weighted by molar-refractivity contribution is 7.13. The van der Waals surface area contributed by atoms with Gasteiger partial charge in [-0.1, -0.05) is 17.3 Å². The fourth-order valence-corrected chi connectivity index (χ4v) is 2.96. The lowest BCUT2D eigenvalue weighted by atomic mass is 10.1. The summed E-state index contributed by atoms with van der Waals surface area (Å²) in [5.41, 5.74) is 0.359. The van der Waals surface area contributed by atoms with E-state index < -0.39 is 0 Å². The summed E-state index contributed by atoms with van der Waals surface area (Å²) in [6.07, 6.45) is 0.432. The Labute approximate surface area is 148 Å². The molecule has 2 heterocycles. The number of nitrogens with zero attached hydrogens (tertiary/aromatic N) is 2. The molecule has 3 rings (SSSR count). The number of nitrogens with one attached hydrogen (secondary N) is 1. The van der Waals surface area contributed by atoms with E-state index in [4.69, 9.17) is 14.0 Å². The van der Waals surface area contributed by atoms with Gasteiger partial charge in [-0.25, -0.2) is 0 Å². The van der Waals surface area contributed by atoms with Crippen LogP contribution in [0.2, 0.25) is 0 Å². The first-order valence-electron chi connectivity index (χ1n) is 7.58. The average Bonchev–Trinajstić information content (AvgIpc) is 3.32. The topological polar surface area (TPSA) is 86.5 Å². The van der Waals surface area contributed by atoms with Crippen LogP contribution in [0.5, 0.6) is 11.5 Å². The molecule has 1 aromatic carbocycles. The second-order valence-electron chi connectivity index (χ2n) is 5.03.